The second-order valence-corrected chi connectivity index (χ2v) is 7.46. The molecule has 6 heteroatoms. The Morgan fingerprint density at radius 1 is 1.07 bits per heavy atom. The lowest BCUT2D eigenvalue weighted by molar-refractivity contribution is 0.235. The Morgan fingerprint density at radius 2 is 2.00 bits per heavy atom. The molecule has 2 aliphatic rings. The standard InChI is InChI=1S/C22H23N5O/c1-2-6-16(7-3-1)21-12-18(26-28-21)15-27-11-9-19-17(14-27)13-24-22(25-19)20-8-4-5-10-23-20/h1-3,6-7,12-13H,4-5,8-11,14-15H2. The van der Waals surface area contributed by atoms with Gasteiger partial charge in [-0.2, -0.15) is 0 Å². The number of hydrogen-bond acceptors (Lipinski definition) is 6. The highest BCUT2D eigenvalue weighted by atomic mass is 16.5. The molecule has 0 aliphatic carbocycles. The molecule has 3 aromatic rings. The zero-order valence-corrected chi connectivity index (χ0v) is 15.8. The summed E-state index contributed by atoms with van der Waals surface area (Å²) in [6.45, 7) is 3.48. The monoisotopic (exact) mass is 373 g/mol. The summed E-state index contributed by atoms with van der Waals surface area (Å²) in [5, 5.41) is 4.25. The minimum atomic E-state index is 0.768. The molecule has 2 aromatic heterocycles. The SMILES string of the molecule is c1ccc(-c2cc(CN3CCc4nc(C5=NCCCC5)ncc4C3)no2)cc1. The second kappa shape index (κ2) is 7.64. The zero-order chi connectivity index (χ0) is 18.8. The third kappa shape index (κ3) is 3.60. The van der Waals surface area contributed by atoms with E-state index in [0.29, 0.717) is 0 Å². The van der Waals surface area contributed by atoms with Crippen molar-refractivity contribution in [3.63, 3.8) is 0 Å². The number of aliphatic imine (C=N–C) groups is 1. The van der Waals surface area contributed by atoms with Gasteiger partial charge >= 0.3 is 0 Å². The molecule has 1 aromatic carbocycles. The van der Waals surface area contributed by atoms with E-state index in [9.17, 15) is 0 Å². The quantitative estimate of drug-likeness (QED) is 0.698. The molecule has 0 saturated carbocycles. The summed E-state index contributed by atoms with van der Waals surface area (Å²) in [7, 11) is 0. The van der Waals surface area contributed by atoms with Gasteiger partial charge in [0.2, 0.25) is 0 Å². The molecular formula is C22H23N5O. The number of fused-ring (bicyclic) bond motifs is 1. The van der Waals surface area contributed by atoms with E-state index in [4.69, 9.17) is 9.51 Å². The summed E-state index contributed by atoms with van der Waals surface area (Å²) in [4.78, 5) is 16.4. The van der Waals surface area contributed by atoms with E-state index in [1.54, 1.807) is 0 Å². The van der Waals surface area contributed by atoms with Crippen molar-refractivity contribution in [2.75, 3.05) is 13.1 Å². The lowest BCUT2D eigenvalue weighted by atomic mass is 10.1. The van der Waals surface area contributed by atoms with E-state index in [-0.39, 0.29) is 0 Å². The van der Waals surface area contributed by atoms with Gasteiger partial charge in [-0.3, -0.25) is 9.89 Å². The van der Waals surface area contributed by atoms with Crippen LogP contribution in [0.1, 0.15) is 42.0 Å². The third-order valence-electron chi connectivity index (χ3n) is 5.40. The Morgan fingerprint density at radius 3 is 2.86 bits per heavy atom. The Bertz CT molecular complexity index is 995. The Kier molecular flexibility index (Phi) is 4.71. The van der Waals surface area contributed by atoms with Gasteiger partial charge in [0.25, 0.3) is 0 Å². The summed E-state index contributed by atoms with van der Waals surface area (Å²) in [5.41, 5.74) is 5.46. The van der Waals surface area contributed by atoms with Crippen LogP contribution >= 0.6 is 0 Å². The molecular weight excluding hydrogens is 350 g/mol. The topological polar surface area (TPSA) is 67.4 Å². The molecule has 0 N–H and O–H groups in total. The van der Waals surface area contributed by atoms with Crippen LogP contribution in [0.4, 0.5) is 0 Å². The lowest BCUT2D eigenvalue weighted by Crippen LogP contribution is -2.31. The van der Waals surface area contributed by atoms with Crippen molar-refractivity contribution in [3.8, 4) is 11.3 Å². The van der Waals surface area contributed by atoms with E-state index in [1.807, 2.05) is 42.6 Å². The van der Waals surface area contributed by atoms with Crippen molar-refractivity contribution < 1.29 is 4.52 Å². The fourth-order valence-corrected chi connectivity index (χ4v) is 3.88. The summed E-state index contributed by atoms with van der Waals surface area (Å²) < 4.78 is 5.53. The number of rotatable bonds is 4. The summed E-state index contributed by atoms with van der Waals surface area (Å²) in [5.74, 6) is 1.64. The number of hydrogen-bond donors (Lipinski definition) is 0. The van der Waals surface area contributed by atoms with Crippen molar-refractivity contribution >= 4 is 5.71 Å². The molecule has 4 heterocycles. The van der Waals surface area contributed by atoms with Crippen LogP contribution in [-0.2, 0) is 19.5 Å². The summed E-state index contributed by atoms with van der Waals surface area (Å²) in [6, 6.07) is 12.1. The Labute approximate surface area is 164 Å². The van der Waals surface area contributed by atoms with Crippen molar-refractivity contribution in [1.82, 2.24) is 20.0 Å². The first kappa shape index (κ1) is 17.3. The molecule has 2 aliphatic heterocycles. The number of aromatic nitrogens is 3. The van der Waals surface area contributed by atoms with Crippen LogP contribution in [0.15, 0.2) is 52.1 Å². The fraction of sp³-hybridized carbons (Fsp3) is 0.364. The summed E-state index contributed by atoms with van der Waals surface area (Å²) in [6.07, 6.45) is 6.29. The van der Waals surface area contributed by atoms with Crippen LogP contribution in [0.2, 0.25) is 0 Å². The van der Waals surface area contributed by atoms with Gasteiger partial charge in [-0.25, -0.2) is 9.97 Å². The van der Waals surface area contributed by atoms with E-state index in [2.05, 4.69) is 20.0 Å². The van der Waals surface area contributed by atoms with E-state index in [1.165, 1.54) is 24.1 Å². The molecule has 0 unspecified atom stereocenters. The fourth-order valence-electron chi connectivity index (χ4n) is 3.88. The first-order chi connectivity index (χ1) is 13.8. The van der Waals surface area contributed by atoms with Gasteiger partial charge in [0.05, 0.1) is 17.1 Å². The average molecular weight is 373 g/mol. The molecule has 6 nitrogen and oxygen atoms in total. The molecule has 0 spiro atoms. The lowest BCUT2D eigenvalue weighted by Gasteiger charge is -2.27. The van der Waals surface area contributed by atoms with Gasteiger partial charge in [0.15, 0.2) is 11.6 Å². The molecule has 0 saturated heterocycles. The van der Waals surface area contributed by atoms with Crippen LogP contribution in [-0.4, -0.2) is 38.8 Å². The molecule has 0 radical (unpaired) electrons. The van der Waals surface area contributed by atoms with Crippen LogP contribution < -0.4 is 0 Å². The largest absolute Gasteiger partial charge is 0.356 e. The van der Waals surface area contributed by atoms with Crippen molar-refractivity contribution in [1.29, 1.82) is 0 Å². The van der Waals surface area contributed by atoms with Gasteiger partial charge in [-0.1, -0.05) is 35.5 Å². The predicted octanol–water partition coefficient (Wildman–Crippen LogP) is 3.66. The molecule has 0 bridgehead atoms. The number of benzene rings is 1. The maximum Gasteiger partial charge on any atom is 0.173 e. The highest BCUT2D eigenvalue weighted by molar-refractivity contribution is 5.97. The van der Waals surface area contributed by atoms with Crippen LogP contribution in [0.5, 0.6) is 0 Å². The molecule has 0 fully saturated rings. The number of nitrogens with zero attached hydrogens (tertiary/aromatic N) is 5. The minimum Gasteiger partial charge on any atom is -0.356 e. The molecule has 0 amide bonds. The average Bonchev–Trinajstić information content (AvgIpc) is 3.23. The van der Waals surface area contributed by atoms with Crippen molar-refractivity contribution in [2.45, 2.75) is 38.8 Å². The highest BCUT2D eigenvalue weighted by Gasteiger charge is 2.21. The molecule has 5 rings (SSSR count). The first-order valence-electron chi connectivity index (χ1n) is 9.97. The Hall–Kier alpha value is -2.86. The van der Waals surface area contributed by atoms with Crippen molar-refractivity contribution in [3.05, 3.63) is 65.4 Å². The minimum absolute atomic E-state index is 0.768. The third-order valence-corrected chi connectivity index (χ3v) is 5.40. The van der Waals surface area contributed by atoms with Gasteiger partial charge in [0, 0.05) is 56.0 Å². The second-order valence-electron chi connectivity index (χ2n) is 7.46. The summed E-state index contributed by atoms with van der Waals surface area (Å²) >= 11 is 0. The van der Waals surface area contributed by atoms with Crippen molar-refractivity contribution in [2.24, 2.45) is 4.99 Å². The van der Waals surface area contributed by atoms with Gasteiger partial charge in [0.1, 0.15) is 0 Å². The molecule has 0 atom stereocenters. The van der Waals surface area contributed by atoms with Crippen LogP contribution in [0.25, 0.3) is 11.3 Å². The van der Waals surface area contributed by atoms with Gasteiger partial charge in [-0.15, -0.1) is 0 Å². The highest BCUT2D eigenvalue weighted by Crippen LogP contribution is 2.23. The predicted molar refractivity (Wildman–Crippen MR) is 107 cm³/mol. The first-order valence-corrected chi connectivity index (χ1v) is 9.97. The van der Waals surface area contributed by atoms with E-state index < -0.39 is 0 Å². The van der Waals surface area contributed by atoms with Crippen LogP contribution in [0.3, 0.4) is 0 Å². The zero-order valence-electron chi connectivity index (χ0n) is 15.8. The van der Waals surface area contributed by atoms with Gasteiger partial charge < -0.3 is 4.52 Å². The molecule has 142 valence electrons. The van der Waals surface area contributed by atoms with E-state index in [0.717, 1.165) is 67.6 Å². The molecule has 28 heavy (non-hydrogen) atoms. The Balaban J connectivity index is 1.27. The normalized spacial score (nSPS) is 17.2. The smallest absolute Gasteiger partial charge is 0.173 e. The van der Waals surface area contributed by atoms with Crippen LogP contribution in [0, 0.1) is 0 Å². The maximum atomic E-state index is 5.53. The van der Waals surface area contributed by atoms with E-state index >= 15 is 0 Å². The maximum absolute atomic E-state index is 5.53. The van der Waals surface area contributed by atoms with Gasteiger partial charge in [-0.05, 0) is 19.3 Å².